The third-order valence-corrected chi connectivity index (χ3v) is 2.39. The minimum atomic E-state index is -0.846. The van der Waals surface area contributed by atoms with E-state index < -0.39 is 5.60 Å². The molecule has 1 aromatic rings. The van der Waals surface area contributed by atoms with Crippen LogP contribution >= 0.6 is 0 Å². The number of pyridine rings is 1. The Bertz CT molecular complexity index is 449. The van der Waals surface area contributed by atoms with Crippen molar-refractivity contribution in [2.24, 2.45) is 0 Å². The van der Waals surface area contributed by atoms with Crippen molar-refractivity contribution in [2.45, 2.75) is 19.4 Å². The van der Waals surface area contributed by atoms with E-state index >= 15 is 0 Å². The molecule has 0 aliphatic rings. The summed E-state index contributed by atoms with van der Waals surface area (Å²) in [6, 6.07) is 5.49. The molecule has 18 heavy (non-hydrogen) atoms. The zero-order chi connectivity index (χ0) is 13.8. The first kappa shape index (κ1) is 14.4. The first-order valence-corrected chi connectivity index (χ1v) is 5.82. The van der Waals surface area contributed by atoms with Crippen molar-refractivity contribution in [2.75, 3.05) is 32.5 Å². The summed E-state index contributed by atoms with van der Waals surface area (Å²) in [6.45, 7) is 4.54. The minimum Gasteiger partial charge on any atom is -0.387 e. The van der Waals surface area contributed by atoms with Gasteiger partial charge in [-0.15, -0.1) is 0 Å². The topological polar surface area (TPSA) is 72.2 Å². The Morgan fingerprint density at radius 1 is 1.50 bits per heavy atom. The highest BCUT2D eigenvalue weighted by Gasteiger charge is 2.21. The van der Waals surface area contributed by atoms with Crippen molar-refractivity contribution >= 4 is 5.82 Å². The van der Waals surface area contributed by atoms with Crippen LogP contribution in [0, 0.1) is 18.3 Å². The second-order valence-electron chi connectivity index (χ2n) is 5.08. The molecule has 0 saturated heterocycles. The Morgan fingerprint density at radius 2 is 2.17 bits per heavy atom. The molecule has 1 rings (SSSR count). The highest BCUT2D eigenvalue weighted by molar-refractivity contribution is 5.44. The van der Waals surface area contributed by atoms with E-state index in [9.17, 15) is 5.11 Å². The number of rotatable bonds is 5. The van der Waals surface area contributed by atoms with Gasteiger partial charge in [0.1, 0.15) is 5.82 Å². The van der Waals surface area contributed by atoms with Crippen molar-refractivity contribution in [1.29, 1.82) is 5.26 Å². The van der Waals surface area contributed by atoms with Crippen molar-refractivity contribution < 1.29 is 5.11 Å². The van der Waals surface area contributed by atoms with Crippen LogP contribution in [0.5, 0.6) is 0 Å². The average molecular weight is 248 g/mol. The second-order valence-corrected chi connectivity index (χ2v) is 5.08. The van der Waals surface area contributed by atoms with Crippen molar-refractivity contribution in [1.82, 2.24) is 9.88 Å². The Labute approximate surface area is 108 Å². The van der Waals surface area contributed by atoms with E-state index in [4.69, 9.17) is 5.26 Å². The molecule has 1 heterocycles. The van der Waals surface area contributed by atoms with Crippen molar-refractivity contribution in [3.05, 3.63) is 23.4 Å². The van der Waals surface area contributed by atoms with Crippen LogP contribution in [0.2, 0.25) is 0 Å². The van der Waals surface area contributed by atoms with Gasteiger partial charge in [0.2, 0.25) is 0 Å². The van der Waals surface area contributed by atoms with Crippen LogP contribution in [0.4, 0.5) is 5.82 Å². The summed E-state index contributed by atoms with van der Waals surface area (Å²) in [7, 11) is 3.82. The number of hydrogen-bond donors (Lipinski definition) is 2. The molecule has 0 aliphatic heterocycles. The van der Waals surface area contributed by atoms with Crippen LogP contribution in [-0.2, 0) is 0 Å². The summed E-state index contributed by atoms with van der Waals surface area (Å²) in [5, 5.41) is 22.1. The Balaban J connectivity index is 2.69. The molecule has 0 aromatic carbocycles. The molecule has 0 fully saturated rings. The number of hydrogen-bond acceptors (Lipinski definition) is 5. The quantitative estimate of drug-likeness (QED) is 0.813. The third kappa shape index (κ3) is 4.70. The van der Waals surface area contributed by atoms with Crippen molar-refractivity contribution in [3.63, 3.8) is 0 Å². The standard InChI is InChI=1S/C13H20N4O/c1-10-5-11(7-14)6-12(16-10)15-8-13(2,18)9-17(3)4/h5-6,18H,8-9H2,1-4H3,(H,15,16). The maximum atomic E-state index is 10.1. The van der Waals surface area contributed by atoms with Gasteiger partial charge < -0.3 is 15.3 Å². The lowest BCUT2D eigenvalue weighted by molar-refractivity contribution is 0.0459. The van der Waals surface area contributed by atoms with E-state index in [1.165, 1.54) is 0 Å². The van der Waals surface area contributed by atoms with Crippen LogP contribution < -0.4 is 5.32 Å². The fourth-order valence-electron chi connectivity index (χ4n) is 1.84. The highest BCUT2D eigenvalue weighted by atomic mass is 16.3. The predicted octanol–water partition coefficient (Wildman–Crippen LogP) is 0.986. The molecule has 5 heteroatoms. The van der Waals surface area contributed by atoms with Gasteiger partial charge in [0.05, 0.1) is 17.2 Å². The van der Waals surface area contributed by atoms with Crippen LogP contribution in [0.3, 0.4) is 0 Å². The lowest BCUT2D eigenvalue weighted by Gasteiger charge is -2.27. The van der Waals surface area contributed by atoms with Gasteiger partial charge in [0.25, 0.3) is 0 Å². The summed E-state index contributed by atoms with van der Waals surface area (Å²) < 4.78 is 0. The molecular formula is C13H20N4O. The van der Waals surface area contributed by atoms with Gasteiger partial charge in [-0.05, 0) is 40.1 Å². The van der Waals surface area contributed by atoms with Crippen molar-refractivity contribution in [3.8, 4) is 6.07 Å². The number of nitriles is 1. The van der Waals surface area contributed by atoms with Gasteiger partial charge in [-0.25, -0.2) is 4.98 Å². The zero-order valence-corrected chi connectivity index (χ0v) is 11.4. The number of likely N-dealkylation sites (N-methyl/N-ethyl adjacent to an activating group) is 1. The molecule has 1 aromatic heterocycles. The lowest BCUT2D eigenvalue weighted by Crippen LogP contribution is -2.43. The minimum absolute atomic E-state index is 0.381. The predicted molar refractivity (Wildman–Crippen MR) is 71.4 cm³/mol. The number of anilines is 1. The largest absolute Gasteiger partial charge is 0.387 e. The fourth-order valence-corrected chi connectivity index (χ4v) is 1.84. The number of aryl methyl sites for hydroxylation is 1. The first-order valence-electron chi connectivity index (χ1n) is 5.82. The van der Waals surface area contributed by atoms with Gasteiger partial charge in [-0.2, -0.15) is 5.26 Å². The van der Waals surface area contributed by atoms with E-state index in [1.54, 1.807) is 19.1 Å². The first-order chi connectivity index (χ1) is 8.32. The summed E-state index contributed by atoms with van der Waals surface area (Å²) in [4.78, 5) is 6.20. The highest BCUT2D eigenvalue weighted by Crippen LogP contribution is 2.11. The Hall–Kier alpha value is -1.64. The van der Waals surface area contributed by atoms with Gasteiger partial charge in [0, 0.05) is 18.8 Å². The third-order valence-electron chi connectivity index (χ3n) is 2.39. The number of nitrogens with one attached hydrogen (secondary N) is 1. The molecule has 0 bridgehead atoms. The SMILES string of the molecule is Cc1cc(C#N)cc(NCC(C)(O)CN(C)C)n1. The molecule has 0 amide bonds. The van der Waals surface area contributed by atoms with Gasteiger partial charge in [0.15, 0.2) is 0 Å². The van der Waals surface area contributed by atoms with Gasteiger partial charge in [-0.3, -0.25) is 0 Å². The van der Waals surface area contributed by atoms with E-state index in [2.05, 4.69) is 16.4 Å². The molecule has 0 radical (unpaired) electrons. The number of aliphatic hydroxyl groups is 1. The lowest BCUT2D eigenvalue weighted by atomic mass is 10.1. The molecule has 98 valence electrons. The molecule has 1 atom stereocenters. The molecule has 0 aliphatic carbocycles. The van der Waals surface area contributed by atoms with E-state index in [1.807, 2.05) is 25.9 Å². The number of nitrogens with zero attached hydrogens (tertiary/aromatic N) is 3. The summed E-state index contributed by atoms with van der Waals surface area (Å²) >= 11 is 0. The van der Waals surface area contributed by atoms with Crippen LogP contribution in [-0.4, -0.2) is 47.8 Å². The second kappa shape index (κ2) is 5.80. The molecule has 1 unspecified atom stereocenters. The molecule has 5 nitrogen and oxygen atoms in total. The van der Waals surface area contributed by atoms with E-state index in [0.717, 1.165) is 5.69 Å². The monoisotopic (exact) mass is 248 g/mol. The Morgan fingerprint density at radius 3 is 2.72 bits per heavy atom. The Kier molecular flexibility index (Phi) is 4.65. The smallest absolute Gasteiger partial charge is 0.127 e. The maximum absolute atomic E-state index is 10.1. The van der Waals surface area contributed by atoms with Crippen LogP contribution in [0.25, 0.3) is 0 Å². The maximum Gasteiger partial charge on any atom is 0.127 e. The normalized spacial score (nSPS) is 14.1. The van der Waals surface area contributed by atoms with Gasteiger partial charge >= 0.3 is 0 Å². The number of aromatic nitrogens is 1. The summed E-state index contributed by atoms with van der Waals surface area (Å²) in [6.07, 6.45) is 0. The average Bonchev–Trinajstić information content (AvgIpc) is 2.24. The van der Waals surface area contributed by atoms with E-state index in [0.29, 0.717) is 24.5 Å². The van der Waals surface area contributed by atoms with Crippen LogP contribution in [0.1, 0.15) is 18.2 Å². The fraction of sp³-hybridized carbons (Fsp3) is 0.538. The van der Waals surface area contributed by atoms with Crippen LogP contribution in [0.15, 0.2) is 12.1 Å². The molecule has 0 spiro atoms. The zero-order valence-electron chi connectivity index (χ0n) is 11.4. The molecule has 0 saturated carbocycles. The van der Waals surface area contributed by atoms with E-state index in [-0.39, 0.29) is 0 Å². The molecular weight excluding hydrogens is 228 g/mol. The molecule has 2 N–H and O–H groups in total. The van der Waals surface area contributed by atoms with Gasteiger partial charge in [-0.1, -0.05) is 0 Å². The summed E-state index contributed by atoms with van der Waals surface area (Å²) in [5.74, 6) is 0.616. The summed E-state index contributed by atoms with van der Waals surface area (Å²) in [5.41, 5.74) is 0.503.